The van der Waals surface area contributed by atoms with Crippen molar-refractivity contribution in [2.75, 3.05) is 0 Å². The molecule has 0 spiro atoms. The summed E-state index contributed by atoms with van der Waals surface area (Å²) in [7, 11) is 0. The van der Waals surface area contributed by atoms with Gasteiger partial charge >= 0.3 is 0 Å². The van der Waals surface area contributed by atoms with E-state index in [0.717, 1.165) is 21.8 Å². The first kappa shape index (κ1) is 12.6. The number of rotatable bonds is 4. The van der Waals surface area contributed by atoms with E-state index in [1.165, 1.54) is 0 Å². The van der Waals surface area contributed by atoms with Crippen LogP contribution >= 0.6 is 11.8 Å². The fourth-order valence-electron chi connectivity index (χ4n) is 1.58. The minimum Gasteiger partial charge on any atom is -0.326 e. The van der Waals surface area contributed by atoms with E-state index < -0.39 is 0 Å². The molecule has 0 aliphatic rings. The molecule has 3 nitrogen and oxygen atoms in total. The highest BCUT2D eigenvalue weighted by atomic mass is 32.2. The van der Waals surface area contributed by atoms with Crippen LogP contribution in [0.4, 0.5) is 0 Å². The maximum Gasteiger partial charge on any atom is 0.144 e. The number of hydrogen-bond donors (Lipinski definition) is 1. The molecule has 1 aromatic heterocycles. The number of benzene rings is 1. The second-order valence-corrected chi connectivity index (χ2v) is 4.81. The molecule has 90 valence electrons. The molecule has 4 heteroatoms. The van der Waals surface area contributed by atoms with Crippen molar-refractivity contribution in [3.8, 4) is 6.07 Å². The Morgan fingerprint density at radius 1 is 1.28 bits per heavy atom. The molecule has 0 unspecified atom stereocenters. The third-order valence-electron chi connectivity index (χ3n) is 2.53. The molecule has 2 rings (SSSR count). The maximum absolute atomic E-state index is 8.96. The van der Waals surface area contributed by atoms with Crippen molar-refractivity contribution in [2.45, 2.75) is 17.2 Å². The minimum absolute atomic E-state index is 0.500. The van der Waals surface area contributed by atoms with Crippen molar-refractivity contribution >= 4 is 11.8 Å². The Labute approximate surface area is 111 Å². The average molecular weight is 255 g/mol. The van der Waals surface area contributed by atoms with Crippen molar-refractivity contribution in [2.24, 2.45) is 5.73 Å². The molecular weight excluding hydrogens is 242 g/mol. The second kappa shape index (κ2) is 6.20. The van der Waals surface area contributed by atoms with Crippen LogP contribution in [-0.2, 0) is 12.3 Å². The summed E-state index contributed by atoms with van der Waals surface area (Å²) in [6, 6.07) is 14.0. The van der Waals surface area contributed by atoms with Crippen LogP contribution in [0.3, 0.4) is 0 Å². The Kier molecular flexibility index (Phi) is 4.35. The van der Waals surface area contributed by atoms with E-state index in [-0.39, 0.29) is 0 Å². The third kappa shape index (κ3) is 3.10. The van der Waals surface area contributed by atoms with E-state index >= 15 is 0 Å². The van der Waals surface area contributed by atoms with Crippen LogP contribution in [0.5, 0.6) is 0 Å². The van der Waals surface area contributed by atoms with Crippen LogP contribution in [0.2, 0.25) is 0 Å². The van der Waals surface area contributed by atoms with Crippen molar-refractivity contribution < 1.29 is 0 Å². The SMILES string of the molecule is N#Cc1ncccc1CSc1cccc(CN)c1. The van der Waals surface area contributed by atoms with Crippen LogP contribution in [0.15, 0.2) is 47.5 Å². The molecule has 0 aliphatic heterocycles. The smallest absolute Gasteiger partial charge is 0.144 e. The number of pyridine rings is 1. The van der Waals surface area contributed by atoms with Crippen molar-refractivity contribution in [3.05, 3.63) is 59.4 Å². The molecule has 0 bridgehead atoms. The van der Waals surface area contributed by atoms with Gasteiger partial charge in [0.05, 0.1) is 0 Å². The highest BCUT2D eigenvalue weighted by molar-refractivity contribution is 7.98. The topological polar surface area (TPSA) is 62.7 Å². The summed E-state index contributed by atoms with van der Waals surface area (Å²) in [6.07, 6.45) is 1.64. The zero-order valence-corrected chi connectivity index (χ0v) is 10.7. The second-order valence-electron chi connectivity index (χ2n) is 3.76. The normalized spacial score (nSPS) is 10.0. The fourth-order valence-corrected chi connectivity index (χ4v) is 2.54. The van der Waals surface area contributed by atoms with Gasteiger partial charge in [-0.15, -0.1) is 11.8 Å². The van der Waals surface area contributed by atoms with Gasteiger partial charge in [-0.2, -0.15) is 5.26 Å². The van der Waals surface area contributed by atoms with Gasteiger partial charge in [0.1, 0.15) is 11.8 Å². The zero-order valence-electron chi connectivity index (χ0n) is 9.84. The van der Waals surface area contributed by atoms with E-state index in [1.807, 2.05) is 30.3 Å². The highest BCUT2D eigenvalue weighted by Crippen LogP contribution is 2.24. The van der Waals surface area contributed by atoms with E-state index in [1.54, 1.807) is 18.0 Å². The summed E-state index contributed by atoms with van der Waals surface area (Å²) >= 11 is 1.69. The lowest BCUT2D eigenvalue weighted by molar-refractivity contribution is 1.06. The number of nitrogens with zero attached hydrogens (tertiary/aromatic N) is 2. The van der Waals surface area contributed by atoms with Crippen LogP contribution in [0.1, 0.15) is 16.8 Å². The lowest BCUT2D eigenvalue weighted by Gasteiger charge is -2.04. The molecular formula is C14H13N3S. The first-order chi connectivity index (χ1) is 8.83. The quantitative estimate of drug-likeness (QED) is 0.853. The summed E-state index contributed by atoms with van der Waals surface area (Å²) in [5, 5.41) is 8.96. The Morgan fingerprint density at radius 2 is 2.17 bits per heavy atom. The molecule has 0 saturated heterocycles. The average Bonchev–Trinajstić information content (AvgIpc) is 2.45. The fraction of sp³-hybridized carbons (Fsp3) is 0.143. The maximum atomic E-state index is 8.96. The minimum atomic E-state index is 0.500. The monoisotopic (exact) mass is 255 g/mol. The van der Waals surface area contributed by atoms with Crippen LogP contribution in [0.25, 0.3) is 0 Å². The summed E-state index contributed by atoms with van der Waals surface area (Å²) in [4.78, 5) is 5.21. The highest BCUT2D eigenvalue weighted by Gasteiger charge is 2.03. The van der Waals surface area contributed by atoms with Gasteiger partial charge in [0, 0.05) is 23.4 Å². The van der Waals surface area contributed by atoms with Crippen molar-refractivity contribution in [1.29, 1.82) is 5.26 Å². The number of aromatic nitrogens is 1. The zero-order chi connectivity index (χ0) is 12.8. The summed E-state index contributed by atoms with van der Waals surface area (Å²) in [5.41, 5.74) is 8.19. The molecule has 2 aromatic rings. The van der Waals surface area contributed by atoms with E-state index in [9.17, 15) is 0 Å². The van der Waals surface area contributed by atoms with Gasteiger partial charge in [-0.25, -0.2) is 4.98 Å². The molecule has 0 saturated carbocycles. The first-order valence-corrected chi connectivity index (χ1v) is 6.58. The number of nitrogens with two attached hydrogens (primary N) is 1. The predicted molar refractivity (Wildman–Crippen MR) is 72.8 cm³/mol. The van der Waals surface area contributed by atoms with Crippen LogP contribution in [-0.4, -0.2) is 4.98 Å². The molecule has 0 radical (unpaired) electrons. The van der Waals surface area contributed by atoms with Gasteiger partial charge in [-0.1, -0.05) is 18.2 Å². The summed E-state index contributed by atoms with van der Waals surface area (Å²) in [5.74, 6) is 0.741. The first-order valence-electron chi connectivity index (χ1n) is 5.59. The molecule has 1 heterocycles. The Morgan fingerprint density at radius 3 is 2.94 bits per heavy atom. The van der Waals surface area contributed by atoms with Crippen molar-refractivity contribution in [1.82, 2.24) is 4.98 Å². The predicted octanol–water partition coefficient (Wildman–Crippen LogP) is 2.70. The van der Waals surface area contributed by atoms with Gasteiger partial charge in [-0.3, -0.25) is 0 Å². The van der Waals surface area contributed by atoms with Gasteiger partial charge in [0.15, 0.2) is 0 Å². The lowest BCUT2D eigenvalue weighted by Crippen LogP contribution is -1.95. The summed E-state index contributed by atoms with van der Waals surface area (Å²) < 4.78 is 0. The van der Waals surface area contributed by atoms with E-state index in [2.05, 4.69) is 17.1 Å². The third-order valence-corrected chi connectivity index (χ3v) is 3.57. The molecule has 0 amide bonds. The standard InChI is InChI=1S/C14H13N3S/c15-8-11-3-1-5-13(7-11)18-10-12-4-2-6-17-14(12)9-16/h1-7H,8,10,15H2. The molecule has 2 N–H and O–H groups in total. The Balaban J connectivity index is 2.09. The number of nitriles is 1. The number of hydrogen-bond acceptors (Lipinski definition) is 4. The molecule has 0 atom stereocenters. The number of thioether (sulfide) groups is 1. The van der Waals surface area contributed by atoms with Crippen LogP contribution < -0.4 is 5.73 Å². The lowest BCUT2D eigenvalue weighted by atomic mass is 10.2. The van der Waals surface area contributed by atoms with E-state index in [0.29, 0.717) is 12.2 Å². The largest absolute Gasteiger partial charge is 0.326 e. The van der Waals surface area contributed by atoms with Crippen LogP contribution in [0, 0.1) is 11.3 Å². The molecule has 18 heavy (non-hydrogen) atoms. The summed E-state index contributed by atoms with van der Waals surface area (Å²) in [6.45, 7) is 0.546. The Bertz CT molecular complexity index is 575. The molecule has 1 aromatic carbocycles. The Hall–Kier alpha value is -1.83. The molecule has 0 aliphatic carbocycles. The van der Waals surface area contributed by atoms with Gasteiger partial charge in [0.2, 0.25) is 0 Å². The van der Waals surface area contributed by atoms with Gasteiger partial charge in [-0.05, 0) is 29.3 Å². The van der Waals surface area contributed by atoms with E-state index in [4.69, 9.17) is 11.0 Å². The van der Waals surface area contributed by atoms with Gasteiger partial charge in [0.25, 0.3) is 0 Å². The van der Waals surface area contributed by atoms with Crippen molar-refractivity contribution in [3.63, 3.8) is 0 Å². The molecule has 0 fully saturated rings. The van der Waals surface area contributed by atoms with Gasteiger partial charge < -0.3 is 5.73 Å².